The highest BCUT2D eigenvalue weighted by Crippen LogP contribution is 2.42. The lowest BCUT2D eigenvalue weighted by molar-refractivity contribution is 0.0699. The van der Waals surface area contributed by atoms with E-state index in [4.69, 9.17) is 9.47 Å². The average molecular weight is 361 g/mol. The summed E-state index contributed by atoms with van der Waals surface area (Å²) in [5, 5.41) is 12.6. The Hall–Kier alpha value is -2.27. The van der Waals surface area contributed by atoms with Crippen LogP contribution in [0.5, 0.6) is 11.5 Å². The molecule has 0 atom stereocenters. The van der Waals surface area contributed by atoms with Gasteiger partial charge < -0.3 is 14.6 Å². The molecule has 0 aliphatic carbocycles. The van der Waals surface area contributed by atoms with E-state index in [1.54, 1.807) is 26.4 Å². The summed E-state index contributed by atoms with van der Waals surface area (Å²) in [5.41, 5.74) is 0.252. The first kappa shape index (κ1) is 14.7. The Kier molecular flexibility index (Phi) is 3.66. The number of ether oxygens (including phenoxy) is 2. The third-order valence-electron chi connectivity index (χ3n) is 3.66. The van der Waals surface area contributed by atoms with Crippen LogP contribution in [-0.4, -0.2) is 25.3 Å². The zero-order chi connectivity index (χ0) is 15.9. The number of carboxylic acid groups (broad SMARTS) is 1. The van der Waals surface area contributed by atoms with Crippen LogP contribution < -0.4 is 9.47 Å². The number of halogens is 1. The maximum atomic E-state index is 11.6. The summed E-state index contributed by atoms with van der Waals surface area (Å²) in [5.74, 6) is 0.243. The van der Waals surface area contributed by atoms with Gasteiger partial charge in [0.05, 0.1) is 19.8 Å². The van der Waals surface area contributed by atoms with Crippen LogP contribution >= 0.6 is 15.9 Å². The molecule has 22 heavy (non-hydrogen) atoms. The number of carbonyl (C=O) groups is 1. The minimum Gasteiger partial charge on any atom is -0.493 e. The van der Waals surface area contributed by atoms with E-state index in [1.807, 2.05) is 24.3 Å². The number of aromatic carboxylic acids is 1. The highest BCUT2D eigenvalue weighted by molar-refractivity contribution is 9.10. The van der Waals surface area contributed by atoms with Gasteiger partial charge in [-0.3, -0.25) is 0 Å². The van der Waals surface area contributed by atoms with E-state index >= 15 is 0 Å². The lowest BCUT2D eigenvalue weighted by atomic mass is 9.96. The van der Waals surface area contributed by atoms with Crippen molar-refractivity contribution < 1.29 is 19.4 Å². The molecule has 0 saturated heterocycles. The molecule has 3 aromatic carbocycles. The van der Waals surface area contributed by atoms with Crippen molar-refractivity contribution in [2.75, 3.05) is 14.2 Å². The molecule has 5 heteroatoms. The minimum atomic E-state index is -0.964. The standard InChI is InChI=1S/C17H13BrO4/c1-21-13-7-6-9-8-11(17(19)20)15-10(4-3-5-12(15)18)14(9)16(13)22-2/h3-8H,1-2H3,(H,19,20). The summed E-state index contributed by atoms with van der Waals surface area (Å²) in [6, 6.07) is 10.9. The Labute approximate surface area is 135 Å². The predicted octanol–water partition coefficient (Wildman–Crippen LogP) is 4.47. The normalized spacial score (nSPS) is 10.9. The average Bonchev–Trinajstić information content (AvgIpc) is 2.52. The third kappa shape index (κ3) is 2.09. The lowest BCUT2D eigenvalue weighted by Gasteiger charge is -2.15. The second kappa shape index (κ2) is 5.50. The van der Waals surface area contributed by atoms with Gasteiger partial charge in [-0.1, -0.05) is 34.1 Å². The van der Waals surface area contributed by atoms with Gasteiger partial charge in [-0.15, -0.1) is 0 Å². The molecule has 0 heterocycles. The Morgan fingerprint density at radius 1 is 1.09 bits per heavy atom. The van der Waals surface area contributed by atoms with E-state index in [1.165, 1.54) is 0 Å². The molecular formula is C17H13BrO4. The van der Waals surface area contributed by atoms with E-state index in [0.717, 1.165) is 20.6 Å². The van der Waals surface area contributed by atoms with E-state index in [9.17, 15) is 9.90 Å². The van der Waals surface area contributed by atoms with E-state index in [0.29, 0.717) is 16.9 Å². The Morgan fingerprint density at radius 3 is 2.50 bits per heavy atom. The fourth-order valence-corrected chi connectivity index (χ4v) is 3.32. The first-order valence-electron chi connectivity index (χ1n) is 6.57. The van der Waals surface area contributed by atoms with Gasteiger partial charge in [-0.25, -0.2) is 4.79 Å². The topological polar surface area (TPSA) is 55.8 Å². The van der Waals surface area contributed by atoms with Gasteiger partial charge in [0.25, 0.3) is 0 Å². The van der Waals surface area contributed by atoms with Gasteiger partial charge in [-0.2, -0.15) is 0 Å². The molecule has 0 unspecified atom stereocenters. The Morgan fingerprint density at radius 2 is 1.86 bits per heavy atom. The number of carboxylic acids is 1. The first-order chi connectivity index (χ1) is 10.6. The van der Waals surface area contributed by atoms with Crippen LogP contribution in [-0.2, 0) is 0 Å². The first-order valence-corrected chi connectivity index (χ1v) is 7.37. The highest BCUT2D eigenvalue weighted by Gasteiger charge is 2.18. The molecular weight excluding hydrogens is 348 g/mol. The van der Waals surface area contributed by atoms with Crippen LogP contribution in [0.2, 0.25) is 0 Å². The molecule has 0 spiro atoms. The van der Waals surface area contributed by atoms with Crippen molar-refractivity contribution in [3.63, 3.8) is 0 Å². The van der Waals surface area contributed by atoms with Crippen LogP contribution in [0.1, 0.15) is 10.4 Å². The van der Waals surface area contributed by atoms with E-state index in [2.05, 4.69) is 15.9 Å². The van der Waals surface area contributed by atoms with Crippen molar-refractivity contribution in [1.29, 1.82) is 0 Å². The van der Waals surface area contributed by atoms with Crippen molar-refractivity contribution in [1.82, 2.24) is 0 Å². The van der Waals surface area contributed by atoms with Gasteiger partial charge in [0.1, 0.15) is 0 Å². The van der Waals surface area contributed by atoms with Gasteiger partial charge >= 0.3 is 5.97 Å². The molecule has 3 aromatic rings. The van der Waals surface area contributed by atoms with Crippen LogP contribution in [0.15, 0.2) is 40.9 Å². The molecule has 0 radical (unpaired) electrons. The van der Waals surface area contributed by atoms with Gasteiger partial charge in [-0.05, 0) is 29.0 Å². The molecule has 0 aliphatic rings. The molecule has 0 aromatic heterocycles. The number of rotatable bonds is 3. The van der Waals surface area contributed by atoms with Crippen LogP contribution in [0.3, 0.4) is 0 Å². The van der Waals surface area contributed by atoms with Crippen molar-refractivity contribution >= 4 is 43.4 Å². The van der Waals surface area contributed by atoms with Crippen LogP contribution in [0.4, 0.5) is 0 Å². The number of hydrogen-bond acceptors (Lipinski definition) is 3. The maximum Gasteiger partial charge on any atom is 0.336 e. The number of methoxy groups -OCH3 is 2. The van der Waals surface area contributed by atoms with E-state index in [-0.39, 0.29) is 5.56 Å². The Balaban J connectivity index is 2.61. The fraction of sp³-hybridized carbons (Fsp3) is 0.118. The number of hydrogen-bond donors (Lipinski definition) is 1. The second-order valence-corrected chi connectivity index (χ2v) is 5.65. The molecule has 0 amide bonds. The quantitative estimate of drug-likeness (QED) is 0.700. The van der Waals surface area contributed by atoms with Gasteiger partial charge in [0, 0.05) is 15.2 Å². The summed E-state index contributed by atoms with van der Waals surface area (Å²) in [4.78, 5) is 11.6. The molecule has 0 aliphatic heterocycles. The monoisotopic (exact) mass is 360 g/mol. The van der Waals surface area contributed by atoms with Gasteiger partial charge in [0.15, 0.2) is 11.5 Å². The molecule has 0 saturated carbocycles. The van der Waals surface area contributed by atoms with Crippen molar-refractivity contribution in [2.45, 2.75) is 0 Å². The Bertz CT molecular complexity index is 902. The summed E-state index contributed by atoms with van der Waals surface area (Å²) in [6.07, 6.45) is 0. The zero-order valence-corrected chi connectivity index (χ0v) is 13.6. The fourth-order valence-electron chi connectivity index (χ4n) is 2.74. The number of benzene rings is 3. The second-order valence-electron chi connectivity index (χ2n) is 4.79. The third-order valence-corrected chi connectivity index (χ3v) is 4.32. The molecule has 112 valence electrons. The zero-order valence-electron chi connectivity index (χ0n) is 12.0. The molecule has 1 N–H and O–H groups in total. The summed E-state index contributed by atoms with van der Waals surface area (Å²) < 4.78 is 11.6. The van der Waals surface area contributed by atoms with Crippen molar-refractivity contribution in [2.24, 2.45) is 0 Å². The molecule has 0 fully saturated rings. The van der Waals surface area contributed by atoms with E-state index < -0.39 is 5.97 Å². The largest absolute Gasteiger partial charge is 0.493 e. The smallest absolute Gasteiger partial charge is 0.336 e. The predicted molar refractivity (Wildman–Crippen MR) is 89.2 cm³/mol. The molecule has 0 bridgehead atoms. The summed E-state index contributed by atoms with van der Waals surface area (Å²) in [7, 11) is 3.15. The summed E-state index contributed by atoms with van der Waals surface area (Å²) >= 11 is 3.45. The van der Waals surface area contributed by atoms with Crippen LogP contribution in [0.25, 0.3) is 21.5 Å². The number of fused-ring (bicyclic) bond motifs is 3. The van der Waals surface area contributed by atoms with Crippen molar-refractivity contribution in [3.05, 3.63) is 46.4 Å². The maximum absolute atomic E-state index is 11.6. The SMILES string of the molecule is COc1ccc2cc(C(=O)O)c3c(Br)cccc3c2c1OC. The molecule has 4 nitrogen and oxygen atoms in total. The highest BCUT2D eigenvalue weighted by atomic mass is 79.9. The lowest BCUT2D eigenvalue weighted by Crippen LogP contribution is -2.00. The minimum absolute atomic E-state index is 0.252. The van der Waals surface area contributed by atoms with Crippen LogP contribution in [0, 0.1) is 0 Å². The molecule has 3 rings (SSSR count). The van der Waals surface area contributed by atoms with Gasteiger partial charge in [0.2, 0.25) is 0 Å². The van der Waals surface area contributed by atoms with Crippen molar-refractivity contribution in [3.8, 4) is 11.5 Å². The summed E-state index contributed by atoms with van der Waals surface area (Å²) in [6.45, 7) is 0.